The van der Waals surface area contributed by atoms with Gasteiger partial charge < -0.3 is 0 Å². The van der Waals surface area contributed by atoms with Crippen molar-refractivity contribution >= 4 is 0 Å². The predicted octanol–water partition coefficient (Wildman–Crippen LogP) is 4.19. The summed E-state index contributed by atoms with van der Waals surface area (Å²) in [6.45, 7) is 2.05. The minimum atomic E-state index is -0.545. The van der Waals surface area contributed by atoms with Gasteiger partial charge in [-0.15, -0.1) is 0 Å². The summed E-state index contributed by atoms with van der Waals surface area (Å²) in [4.78, 5) is 0. The maximum absolute atomic E-state index is 13.1. The Morgan fingerprint density at radius 2 is 1.56 bits per heavy atom. The minimum absolute atomic E-state index is 0.545. The van der Waals surface area contributed by atoms with Gasteiger partial charge in [-0.1, -0.05) is 31.2 Å². The summed E-state index contributed by atoms with van der Waals surface area (Å²) in [6.07, 6.45) is 0.908. The van der Waals surface area contributed by atoms with E-state index in [0.717, 1.165) is 23.6 Å². The van der Waals surface area contributed by atoms with Crippen LogP contribution in [0.4, 0.5) is 8.78 Å². The minimum Gasteiger partial charge on any atom is -0.207 e. The molecule has 0 N–H and O–H groups in total. The summed E-state index contributed by atoms with van der Waals surface area (Å²) < 4.78 is 26.1. The molecule has 2 aromatic rings. The summed E-state index contributed by atoms with van der Waals surface area (Å²) in [7, 11) is 0. The zero-order chi connectivity index (χ0) is 11.5. The van der Waals surface area contributed by atoms with Crippen molar-refractivity contribution in [3.8, 4) is 11.1 Å². The highest BCUT2D eigenvalue weighted by Crippen LogP contribution is 2.22. The number of benzene rings is 2. The van der Waals surface area contributed by atoms with Crippen molar-refractivity contribution in [1.29, 1.82) is 0 Å². The fraction of sp³-hybridized carbons (Fsp3) is 0.143. The predicted molar refractivity (Wildman–Crippen MR) is 61.2 cm³/mol. The highest BCUT2D eigenvalue weighted by molar-refractivity contribution is 5.64. The molecule has 0 atom stereocenters. The van der Waals surface area contributed by atoms with Gasteiger partial charge in [0.25, 0.3) is 0 Å². The summed E-state index contributed by atoms with van der Waals surface area (Å²) in [5.41, 5.74) is 2.58. The highest BCUT2D eigenvalue weighted by Gasteiger charge is 2.03. The average molecular weight is 218 g/mol. The fourth-order valence-corrected chi connectivity index (χ4v) is 1.69. The van der Waals surface area contributed by atoms with Gasteiger partial charge in [-0.3, -0.25) is 0 Å². The van der Waals surface area contributed by atoms with E-state index in [-0.39, 0.29) is 0 Å². The van der Waals surface area contributed by atoms with E-state index >= 15 is 0 Å². The molecule has 0 fully saturated rings. The van der Waals surface area contributed by atoms with Crippen molar-refractivity contribution in [3.63, 3.8) is 0 Å². The molecule has 0 aliphatic carbocycles. The Kier molecular flexibility index (Phi) is 3.00. The smallest absolute Gasteiger partial charge is 0.126 e. The van der Waals surface area contributed by atoms with Crippen LogP contribution in [0.3, 0.4) is 0 Å². The van der Waals surface area contributed by atoms with E-state index in [1.165, 1.54) is 12.1 Å². The quantitative estimate of drug-likeness (QED) is 0.708. The van der Waals surface area contributed by atoms with Gasteiger partial charge in [0.05, 0.1) is 0 Å². The van der Waals surface area contributed by atoms with E-state index in [2.05, 4.69) is 0 Å². The monoisotopic (exact) mass is 218 g/mol. The molecule has 0 heterocycles. The Morgan fingerprint density at radius 1 is 0.875 bits per heavy atom. The van der Waals surface area contributed by atoms with Crippen LogP contribution in [0.25, 0.3) is 11.1 Å². The van der Waals surface area contributed by atoms with Crippen LogP contribution in [0.15, 0.2) is 42.5 Å². The molecule has 0 radical (unpaired) electrons. The first-order chi connectivity index (χ1) is 7.69. The molecule has 0 aromatic heterocycles. The van der Waals surface area contributed by atoms with E-state index < -0.39 is 11.6 Å². The third-order valence-corrected chi connectivity index (χ3v) is 2.53. The molecular weight excluding hydrogens is 206 g/mol. The van der Waals surface area contributed by atoms with Gasteiger partial charge in [-0.2, -0.15) is 0 Å². The first-order valence-electron chi connectivity index (χ1n) is 5.24. The Labute approximate surface area is 93.5 Å². The Morgan fingerprint density at radius 3 is 2.19 bits per heavy atom. The van der Waals surface area contributed by atoms with Gasteiger partial charge >= 0.3 is 0 Å². The number of aryl methyl sites for hydroxylation is 1. The molecule has 0 aliphatic heterocycles. The lowest BCUT2D eigenvalue weighted by atomic mass is 10.0. The van der Waals surface area contributed by atoms with Gasteiger partial charge in [-0.05, 0) is 35.2 Å². The number of hydrogen-bond acceptors (Lipinski definition) is 0. The largest absolute Gasteiger partial charge is 0.207 e. The molecule has 0 amide bonds. The molecule has 0 saturated heterocycles. The molecule has 0 spiro atoms. The van der Waals surface area contributed by atoms with Crippen LogP contribution in [0.5, 0.6) is 0 Å². The van der Waals surface area contributed by atoms with Crippen LogP contribution in [0.1, 0.15) is 12.5 Å². The second-order valence-corrected chi connectivity index (χ2v) is 3.71. The van der Waals surface area contributed by atoms with Crippen molar-refractivity contribution in [2.45, 2.75) is 13.3 Å². The lowest BCUT2D eigenvalue weighted by molar-refractivity contribution is 0.584. The molecule has 0 aliphatic rings. The van der Waals surface area contributed by atoms with Gasteiger partial charge in [-0.25, -0.2) is 8.78 Å². The van der Waals surface area contributed by atoms with Crippen molar-refractivity contribution in [2.75, 3.05) is 0 Å². The number of halogens is 2. The third kappa shape index (κ3) is 2.27. The molecule has 0 bridgehead atoms. The normalized spacial score (nSPS) is 10.4. The second kappa shape index (κ2) is 4.44. The Hall–Kier alpha value is -1.70. The third-order valence-electron chi connectivity index (χ3n) is 2.53. The van der Waals surface area contributed by atoms with Gasteiger partial charge in [0, 0.05) is 6.07 Å². The van der Waals surface area contributed by atoms with Crippen molar-refractivity contribution in [1.82, 2.24) is 0 Å². The number of rotatable bonds is 2. The first kappa shape index (κ1) is 10.8. The topological polar surface area (TPSA) is 0 Å². The Balaban J connectivity index is 2.49. The average Bonchev–Trinajstić information content (AvgIpc) is 2.28. The van der Waals surface area contributed by atoms with Crippen LogP contribution in [-0.4, -0.2) is 0 Å². The van der Waals surface area contributed by atoms with Gasteiger partial charge in [0.15, 0.2) is 0 Å². The van der Waals surface area contributed by atoms with E-state index in [1.54, 1.807) is 0 Å². The van der Waals surface area contributed by atoms with Crippen molar-refractivity contribution in [3.05, 3.63) is 59.7 Å². The lowest BCUT2D eigenvalue weighted by Gasteiger charge is -2.04. The van der Waals surface area contributed by atoms with Crippen LogP contribution in [0.2, 0.25) is 0 Å². The molecule has 2 rings (SSSR count). The fourth-order valence-electron chi connectivity index (χ4n) is 1.69. The summed E-state index contributed by atoms with van der Waals surface area (Å²) in [5, 5.41) is 0. The zero-order valence-corrected chi connectivity index (χ0v) is 9.00. The molecule has 82 valence electrons. The van der Waals surface area contributed by atoms with Crippen molar-refractivity contribution < 1.29 is 8.78 Å². The molecular formula is C14H12F2. The van der Waals surface area contributed by atoms with Crippen LogP contribution < -0.4 is 0 Å². The van der Waals surface area contributed by atoms with Gasteiger partial charge in [0.2, 0.25) is 0 Å². The van der Waals surface area contributed by atoms with Crippen LogP contribution in [0, 0.1) is 11.6 Å². The summed E-state index contributed by atoms with van der Waals surface area (Å²) in [6, 6.07) is 11.3. The maximum Gasteiger partial charge on any atom is 0.126 e. The van der Waals surface area contributed by atoms with E-state index in [1.807, 2.05) is 31.2 Å². The molecule has 16 heavy (non-hydrogen) atoms. The first-order valence-corrected chi connectivity index (χ1v) is 5.24. The van der Waals surface area contributed by atoms with E-state index in [4.69, 9.17) is 0 Å². The molecule has 0 saturated carbocycles. The Bertz CT molecular complexity index is 484. The number of hydrogen-bond donors (Lipinski definition) is 0. The van der Waals surface area contributed by atoms with Crippen molar-refractivity contribution in [2.24, 2.45) is 0 Å². The highest BCUT2D eigenvalue weighted by atomic mass is 19.1. The molecule has 2 aromatic carbocycles. The second-order valence-electron chi connectivity index (χ2n) is 3.71. The van der Waals surface area contributed by atoms with Crippen LogP contribution >= 0.6 is 0 Å². The summed E-state index contributed by atoms with van der Waals surface area (Å²) >= 11 is 0. The lowest BCUT2D eigenvalue weighted by Crippen LogP contribution is -1.86. The SMILES string of the molecule is CCc1cccc(-c2cc(F)cc(F)c2)c1. The van der Waals surface area contributed by atoms with E-state index in [9.17, 15) is 8.78 Å². The van der Waals surface area contributed by atoms with E-state index in [0.29, 0.717) is 5.56 Å². The summed E-state index contributed by atoms with van der Waals surface area (Å²) in [5.74, 6) is -1.09. The van der Waals surface area contributed by atoms with Gasteiger partial charge in [0.1, 0.15) is 11.6 Å². The molecule has 0 nitrogen and oxygen atoms in total. The molecule has 0 unspecified atom stereocenters. The zero-order valence-electron chi connectivity index (χ0n) is 9.00. The van der Waals surface area contributed by atoms with Crippen LogP contribution in [-0.2, 0) is 6.42 Å². The maximum atomic E-state index is 13.1. The standard InChI is InChI=1S/C14H12F2/c1-2-10-4-3-5-11(6-10)12-7-13(15)9-14(16)8-12/h3-9H,2H2,1H3. The molecule has 2 heteroatoms.